The fourth-order valence-corrected chi connectivity index (χ4v) is 1.81. The van der Waals surface area contributed by atoms with E-state index >= 15 is 0 Å². The number of aromatic nitrogens is 1. The summed E-state index contributed by atoms with van der Waals surface area (Å²) in [5.74, 6) is 3.46. The van der Waals surface area contributed by atoms with Gasteiger partial charge >= 0.3 is 0 Å². The number of nitrogens with one attached hydrogen (secondary N) is 2. The number of amides is 1. The minimum atomic E-state index is -0.823. The number of hydrazine groups is 1. The number of aryl methyl sites for hydroxylation is 1. The highest BCUT2D eigenvalue weighted by Crippen LogP contribution is 2.24. The fourth-order valence-electron chi connectivity index (χ4n) is 1.64. The zero-order valence-electron chi connectivity index (χ0n) is 10.6. The minimum absolute atomic E-state index is 0.175. The van der Waals surface area contributed by atoms with Crippen molar-refractivity contribution in [2.75, 3.05) is 10.7 Å². The Morgan fingerprint density at radius 3 is 2.85 bits per heavy atom. The molecule has 0 bridgehead atoms. The van der Waals surface area contributed by atoms with Crippen LogP contribution in [0.3, 0.4) is 0 Å². The van der Waals surface area contributed by atoms with Crippen molar-refractivity contribution in [2.45, 2.75) is 6.92 Å². The second-order valence-electron chi connectivity index (χ2n) is 4.10. The van der Waals surface area contributed by atoms with Crippen molar-refractivity contribution in [3.05, 3.63) is 52.4 Å². The van der Waals surface area contributed by atoms with Crippen molar-refractivity contribution >= 4 is 29.0 Å². The van der Waals surface area contributed by atoms with E-state index in [9.17, 15) is 9.18 Å². The predicted molar refractivity (Wildman–Crippen MR) is 76.1 cm³/mol. The first-order chi connectivity index (χ1) is 9.52. The molecule has 0 saturated heterocycles. The number of anilines is 2. The molecule has 0 aliphatic rings. The Morgan fingerprint density at radius 1 is 1.40 bits per heavy atom. The second kappa shape index (κ2) is 5.85. The molecule has 1 aromatic carbocycles. The van der Waals surface area contributed by atoms with Crippen molar-refractivity contribution in [1.29, 1.82) is 0 Å². The molecule has 2 rings (SSSR count). The summed E-state index contributed by atoms with van der Waals surface area (Å²) in [6, 6.07) is 6.42. The van der Waals surface area contributed by atoms with Gasteiger partial charge in [0, 0.05) is 6.20 Å². The number of carbonyl (C=O) groups excluding carboxylic acids is 1. The normalized spacial score (nSPS) is 10.2. The smallest absolute Gasteiger partial charge is 0.258 e. The third-order valence-corrected chi connectivity index (χ3v) is 2.97. The van der Waals surface area contributed by atoms with Gasteiger partial charge in [-0.25, -0.2) is 15.2 Å². The first-order valence-corrected chi connectivity index (χ1v) is 6.09. The molecule has 1 aromatic heterocycles. The minimum Gasteiger partial charge on any atom is -0.321 e. The van der Waals surface area contributed by atoms with Gasteiger partial charge < -0.3 is 10.7 Å². The van der Waals surface area contributed by atoms with E-state index in [1.165, 1.54) is 12.3 Å². The van der Waals surface area contributed by atoms with E-state index in [4.69, 9.17) is 17.4 Å². The van der Waals surface area contributed by atoms with Crippen LogP contribution in [0.5, 0.6) is 0 Å². The van der Waals surface area contributed by atoms with Gasteiger partial charge in [-0.3, -0.25) is 4.79 Å². The third kappa shape index (κ3) is 2.87. The quantitative estimate of drug-likeness (QED) is 0.600. The Hall–Kier alpha value is -2.18. The molecule has 0 atom stereocenters. The Bertz CT molecular complexity index is 663. The molecule has 7 heteroatoms. The van der Waals surface area contributed by atoms with Gasteiger partial charge in [-0.1, -0.05) is 17.7 Å². The molecular weight excluding hydrogens is 283 g/mol. The Morgan fingerprint density at radius 2 is 2.15 bits per heavy atom. The van der Waals surface area contributed by atoms with E-state index in [2.05, 4.69) is 15.7 Å². The van der Waals surface area contributed by atoms with Crippen LogP contribution in [-0.2, 0) is 0 Å². The molecule has 0 aliphatic heterocycles. The Balaban J connectivity index is 2.31. The van der Waals surface area contributed by atoms with Crippen LogP contribution >= 0.6 is 11.6 Å². The van der Waals surface area contributed by atoms with E-state index in [-0.39, 0.29) is 11.4 Å². The van der Waals surface area contributed by atoms with Crippen LogP contribution in [0.25, 0.3) is 0 Å². The average molecular weight is 295 g/mol. The molecule has 0 spiro atoms. The lowest BCUT2D eigenvalue weighted by molar-refractivity contribution is 0.102. The van der Waals surface area contributed by atoms with Gasteiger partial charge in [-0.05, 0) is 30.7 Å². The number of benzene rings is 1. The lowest BCUT2D eigenvalue weighted by atomic mass is 10.2. The third-order valence-electron chi connectivity index (χ3n) is 2.64. The van der Waals surface area contributed by atoms with Gasteiger partial charge in [0.15, 0.2) is 11.6 Å². The molecule has 4 N–H and O–H groups in total. The molecule has 0 saturated carbocycles. The summed E-state index contributed by atoms with van der Waals surface area (Å²) in [6.45, 7) is 1.86. The highest BCUT2D eigenvalue weighted by molar-refractivity contribution is 6.34. The number of hydrogen-bond acceptors (Lipinski definition) is 4. The van der Waals surface area contributed by atoms with Crippen molar-refractivity contribution in [3.8, 4) is 0 Å². The first-order valence-electron chi connectivity index (χ1n) is 5.71. The van der Waals surface area contributed by atoms with Crippen molar-refractivity contribution in [3.63, 3.8) is 0 Å². The van der Waals surface area contributed by atoms with Crippen LogP contribution in [0.2, 0.25) is 5.02 Å². The summed E-state index contributed by atoms with van der Waals surface area (Å²) >= 11 is 5.97. The second-order valence-corrected chi connectivity index (χ2v) is 4.51. The zero-order valence-corrected chi connectivity index (χ0v) is 11.3. The number of nitrogens with two attached hydrogens (primary N) is 1. The van der Waals surface area contributed by atoms with Crippen molar-refractivity contribution < 1.29 is 9.18 Å². The number of rotatable bonds is 3. The van der Waals surface area contributed by atoms with Crippen LogP contribution in [-0.4, -0.2) is 10.9 Å². The number of halogens is 2. The van der Waals surface area contributed by atoms with Crippen LogP contribution in [0.1, 0.15) is 15.9 Å². The van der Waals surface area contributed by atoms with Gasteiger partial charge in [0.1, 0.15) is 0 Å². The van der Waals surface area contributed by atoms with Crippen LogP contribution in [0, 0.1) is 12.7 Å². The van der Waals surface area contributed by atoms with Gasteiger partial charge in [0.25, 0.3) is 5.91 Å². The SMILES string of the molecule is Cc1ccc(Cl)c(NC(=O)c2ccnc(NN)c2F)c1. The molecule has 5 nitrogen and oxygen atoms in total. The summed E-state index contributed by atoms with van der Waals surface area (Å²) in [5, 5.41) is 2.92. The van der Waals surface area contributed by atoms with E-state index in [1.54, 1.807) is 12.1 Å². The maximum absolute atomic E-state index is 13.9. The zero-order chi connectivity index (χ0) is 14.7. The Kier molecular flexibility index (Phi) is 4.16. The maximum Gasteiger partial charge on any atom is 0.258 e. The number of carbonyl (C=O) groups is 1. The summed E-state index contributed by atoms with van der Waals surface area (Å²) in [4.78, 5) is 15.7. The highest BCUT2D eigenvalue weighted by Gasteiger charge is 2.16. The standard InChI is InChI=1S/C13H12ClFN4O/c1-7-2-3-9(14)10(6-7)18-13(20)8-4-5-17-12(19-16)11(8)15/h2-6H,16H2,1H3,(H,17,19)(H,18,20). The molecule has 2 aromatic rings. The first kappa shape index (κ1) is 14.2. The maximum atomic E-state index is 13.9. The molecule has 1 amide bonds. The van der Waals surface area contributed by atoms with Gasteiger partial charge in [-0.2, -0.15) is 0 Å². The van der Waals surface area contributed by atoms with Crippen LogP contribution in [0.15, 0.2) is 30.5 Å². The van der Waals surface area contributed by atoms with E-state index < -0.39 is 11.7 Å². The molecule has 0 unspecified atom stereocenters. The van der Waals surface area contributed by atoms with Crippen molar-refractivity contribution in [2.24, 2.45) is 5.84 Å². The summed E-state index contributed by atoms with van der Waals surface area (Å²) in [5.41, 5.74) is 3.24. The largest absolute Gasteiger partial charge is 0.321 e. The van der Waals surface area contributed by atoms with E-state index in [0.29, 0.717) is 10.7 Å². The number of pyridine rings is 1. The molecule has 0 fully saturated rings. The van der Waals surface area contributed by atoms with Crippen LogP contribution in [0.4, 0.5) is 15.9 Å². The highest BCUT2D eigenvalue weighted by atomic mass is 35.5. The number of nitrogen functional groups attached to an aromatic ring is 1. The average Bonchev–Trinajstić information content (AvgIpc) is 2.43. The predicted octanol–water partition coefficient (Wildman–Crippen LogP) is 2.72. The van der Waals surface area contributed by atoms with Crippen molar-refractivity contribution in [1.82, 2.24) is 4.98 Å². The van der Waals surface area contributed by atoms with E-state index in [0.717, 1.165) is 5.56 Å². The molecule has 0 aliphatic carbocycles. The van der Waals surface area contributed by atoms with Gasteiger partial charge in [0.05, 0.1) is 16.3 Å². The fraction of sp³-hybridized carbons (Fsp3) is 0.0769. The number of nitrogens with zero attached hydrogens (tertiary/aromatic N) is 1. The van der Waals surface area contributed by atoms with Gasteiger partial charge in [-0.15, -0.1) is 0 Å². The summed E-state index contributed by atoms with van der Waals surface area (Å²) < 4.78 is 13.9. The molecule has 20 heavy (non-hydrogen) atoms. The lowest BCUT2D eigenvalue weighted by Crippen LogP contribution is -2.17. The molecular formula is C13H12ClFN4O. The van der Waals surface area contributed by atoms with E-state index in [1.807, 2.05) is 13.0 Å². The molecule has 104 valence electrons. The lowest BCUT2D eigenvalue weighted by Gasteiger charge is -2.10. The Labute approximate surface area is 119 Å². The van der Waals surface area contributed by atoms with Crippen LogP contribution < -0.4 is 16.6 Å². The number of hydrogen-bond donors (Lipinski definition) is 3. The molecule has 0 radical (unpaired) electrons. The topological polar surface area (TPSA) is 80.0 Å². The summed E-state index contributed by atoms with van der Waals surface area (Å²) in [6.07, 6.45) is 1.28. The molecule has 1 heterocycles. The monoisotopic (exact) mass is 294 g/mol. The summed E-state index contributed by atoms with van der Waals surface area (Å²) in [7, 11) is 0. The van der Waals surface area contributed by atoms with Gasteiger partial charge in [0.2, 0.25) is 0 Å².